The molecule has 25 heavy (non-hydrogen) atoms. The van der Waals surface area contributed by atoms with Gasteiger partial charge in [-0.1, -0.05) is 94.8 Å². The topological polar surface area (TPSA) is 26.0 Å². The van der Waals surface area contributed by atoms with Crippen molar-refractivity contribution in [1.29, 1.82) is 0 Å². The summed E-state index contributed by atoms with van der Waals surface area (Å²) >= 11 is 0. The van der Waals surface area contributed by atoms with Crippen LogP contribution in [-0.4, -0.2) is 0 Å². The maximum absolute atomic E-state index is 6.36. The lowest BCUT2D eigenvalue weighted by Gasteiger charge is -2.23. The number of nitrogens with two attached hydrogens (primary N) is 1. The summed E-state index contributed by atoms with van der Waals surface area (Å²) in [6.07, 6.45) is 11.5. The molecule has 0 aromatic heterocycles. The Morgan fingerprint density at radius 2 is 1.36 bits per heavy atom. The van der Waals surface area contributed by atoms with Crippen LogP contribution in [-0.2, 0) is 6.42 Å². The predicted octanol–water partition coefficient (Wildman–Crippen LogP) is 7.10. The summed E-state index contributed by atoms with van der Waals surface area (Å²) in [5, 5.41) is 0. The SMILES string of the molecule is CCCCCCCC(c1ccccc1N)c1ccccc1CCCC. The highest BCUT2D eigenvalue weighted by Crippen LogP contribution is 2.35. The lowest BCUT2D eigenvalue weighted by atomic mass is 9.82. The highest BCUT2D eigenvalue weighted by atomic mass is 14.6. The molecule has 1 nitrogen and oxygen atoms in total. The fraction of sp³-hybridized carbons (Fsp3) is 0.500. The Hall–Kier alpha value is -1.76. The first-order chi connectivity index (χ1) is 12.3. The van der Waals surface area contributed by atoms with Gasteiger partial charge in [-0.25, -0.2) is 0 Å². The molecule has 2 aromatic rings. The highest BCUT2D eigenvalue weighted by molar-refractivity contribution is 5.52. The summed E-state index contributed by atoms with van der Waals surface area (Å²) in [6, 6.07) is 17.5. The maximum atomic E-state index is 6.36. The van der Waals surface area contributed by atoms with Crippen molar-refractivity contribution in [2.45, 2.75) is 77.6 Å². The van der Waals surface area contributed by atoms with Crippen molar-refractivity contribution in [3.8, 4) is 0 Å². The fourth-order valence-electron chi connectivity index (χ4n) is 3.73. The Balaban J connectivity index is 2.24. The number of rotatable bonds is 11. The van der Waals surface area contributed by atoms with Crippen LogP contribution < -0.4 is 5.73 Å². The van der Waals surface area contributed by atoms with E-state index in [0.29, 0.717) is 5.92 Å². The average molecular weight is 338 g/mol. The smallest absolute Gasteiger partial charge is 0.0352 e. The van der Waals surface area contributed by atoms with Gasteiger partial charge in [-0.3, -0.25) is 0 Å². The van der Waals surface area contributed by atoms with E-state index in [2.05, 4.69) is 50.2 Å². The molecular weight excluding hydrogens is 302 g/mol. The predicted molar refractivity (Wildman–Crippen MR) is 111 cm³/mol. The summed E-state index contributed by atoms with van der Waals surface area (Å²) in [5.74, 6) is 0.427. The van der Waals surface area contributed by atoms with Gasteiger partial charge in [0.1, 0.15) is 0 Å². The fourth-order valence-corrected chi connectivity index (χ4v) is 3.73. The highest BCUT2D eigenvalue weighted by Gasteiger charge is 2.18. The van der Waals surface area contributed by atoms with Crippen LogP contribution in [0.15, 0.2) is 48.5 Å². The molecule has 0 saturated carbocycles. The third-order valence-electron chi connectivity index (χ3n) is 5.20. The van der Waals surface area contributed by atoms with E-state index in [-0.39, 0.29) is 0 Å². The van der Waals surface area contributed by atoms with Gasteiger partial charge in [0.05, 0.1) is 0 Å². The van der Waals surface area contributed by atoms with Crippen molar-refractivity contribution in [1.82, 2.24) is 0 Å². The van der Waals surface area contributed by atoms with Crippen LogP contribution in [0.2, 0.25) is 0 Å². The zero-order valence-corrected chi connectivity index (χ0v) is 16.1. The van der Waals surface area contributed by atoms with Gasteiger partial charge in [0.15, 0.2) is 0 Å². The van der Waals surface area contributed by atoms with Crippen LogP contribution >= 0.6 is 0 Å². The van der Waals surface area contributed by atoms with Gasteiger partial charge in [0, 0.05) is 11.6 Å². The van der Waals surface area contributed by atoms with E-state index in [9.17, 15) is 0 Å². The molecule has 1 heteroatoms. The van der Waals surface area contributed by atoms with Gasteiger partial charge in [-0.15, -0.1) is 0 Å². The van der Waals surface area contributed by atoms with Crippen LogP contribution in [0, 0.1) is 0 Å². The molecule has 0 aliphatic rings. The molecule has 0 aliphatic heterocycles. The first-order valence-corrected chi connectivity index (χ1v) is 10.2. The monoisotopic (exact) mass is 337 g/mol. The number of hydrogen-bond acceptors (Lipinski definition) is 1. The Bertz CT molecular complexity index is 617. The second-order valence-corrected chi connectivity index (χ2v) is 7.19. The summed E-state index contributed by atoms with van der Waals surface area (Å²) in [7, 11) is 0. The zero-order chi connectivity index (χ0) is 17.9. The lowest BCUT2D eigenvalue weighted by Crippen LogP contribution is -2.08. The molecule has 2 aromatic carbocycles. The molecule has 0 heterocycles. The van der Waals surface area contributed by atoms with Crippen molar-refractivity contribution in [3.63, 3.8) is 0 Å². The van der Waals surface area contributed by atoms with Crippen LogP contribution in [0.3, 0.4) is 0 Å². The molecule has 0 amide bonds. The number of unbranched alkanes of at least 4 members (excludes halogenated alkanes) is 5. The van der Waals surface area contributed by atoms with E-state index in [1.54, 1.807) is 0 Å². The van der Waals surface area contributed by atoms with E-state index in [1.807, 2.05) is 12.1 Å². The van der Waals surface area contributed by atoms with E-state index < -0.39 is 0 Å². The van der Waals surface area contributed by atoms with Gasteiger partial charge >= 0.3 is 0 Å². The third-order valence-corrected chi connectivity index (χ3v) is 5.20. The van der Waals surface area contributed by atoms with Crippen LogP contribution in [0.1, 0.15) is 87.8 Å². The van der Waals surface area contributed by atoms with Crippen molar-refractivity contribution < 1.29 is 0 Å². The molecule has 0 fully saturated rings. The average Bonchev–Trinajstić information content (AvgIpc) is 2.64. The third kappa shape index (κ3) is 5.92. The van der Waals surface area contributed by atoms with Gasteiger partial charge in [-0.2, -0.15) is 0 Å². The van der Waals surface area contributed by atoms with E-state index in [0.717, 1.165) is 5.69 Å². The summed E-state index contributed by atoms with van der Waals surface area (Å²) in [6.45, 7) is 4.54. The van der Waals surface area contributed by atoms with Crippen LogP contribution in [0.4, 0.5) is 5.69 Å². The van der Waals surface area contributed by atoms with E-state index in [4.69, 9.17) is 5.73 Å². The largest absolute Gasteiger partial charge is 0.398 e. The lowest BCUT2D eigenvalue weighted by molar-refractivity contribution is 0.578. The first-order valence-electron chi connectivity index (χ1n) is 10.2. The molecule has 2 rings (SSSR count). The normalized spacial score (nSPS) is 12.2. The minimum absolute atomic E-state index is 0.427. The second kappa shape index (κ2) is 11.0. The van der Waals surface area contributed by atoms with Crippen molar-refractivity contribution >= 4 is 5.69 Å². The summed E-state index contributed by atoms with van der Waals surface area (Å²) < 4.78 is 0. The Labute approximate surface area is 154 Å². The van der Waals surface area contributed by atoms with Gasteiger partial charge in [-0.05, 0) is 42.0 Å². The molecule has 0 spiro atoms. The number of nitrogen functional groups attached to an aromatic ring is 1. The van der Waals surface area contributed by atoms with Gasteiger partial charge < -0.3 is 5.73 Å². The Morgan fingerprint density at radius 3 is 2.08 bits per heavy atom. The molecule has 0 saturated heterocycles. The zero-order valence-electron chi connectivity index (χ0n) is 16.1. The Morgan fingerprint density at radius 1 is 0.720 bits per heavy atom. The second-order valence-electron chi connectivity index (χ2n) is 7.19. The minimum atomic E-state index is 0.427. The Kier molecular flexibility index (Phi) is 8.59. The molecule has 0 bridgehead atoms. The van der Waals surface area contributed by atoms with Crippen molar-refractivity contribution in [2.24, 2.45) is 0 Å². The molecule has 1 atom stereocenters. The van der Waals surface area contributed by atoms with E-state index in [1.165, 1.54) is 74.5 Å². The van der Waals surface area contributed by atoms with Crippen molar-refractivity contribution in [3.05, 3.63) is 65.2 Å². The minimum Gasteiger partial charge on any atom is -0.398 e. The van der Waals surface area contributed by atoms with Gasteiger partial charge in [0.25, 0.3) is 0 Å². The molecular formula is C24H35N. The van der Waals surface area contributed by atoms with Crippen LogP contribution in [0.25, 0.3) is 0 Å². The number of para-hydroxylation sites is 1. The summed E-state index contributed by atoms with van der Waals surface area (Å²) in [5.41, 5.74) is 11.6. The summed E-state index contributed by atoms with van der Waals surface area (Å²) in [4.78, 5) is 0. The molecule has 1 unspecified atom stereocenters. The van der Waals surface area contributed by atoms with Crippen LogP contribution in [0.5, 0.6) is 0 Å². The molecule has 2 N–H and O–H groups in total. The number of anilines is 1. The van der Waals surface area contributed by atoms with Gasteiger partial charge in [0.2, 0.25) is 0 Å². The number of hydrogen-bond donors (Lipinski definition) is 1. The van der Waals surface area contributed by atoms with E-state index >= 15 is 0 Å². The molecule has 0 aliphatic carbocycles. The number of aryl methyl sites for hydroxylation is 1. The number of benzene rings is 2. The van der Waals surface area contributed by atoms with Crippen molar-refractivity contribution in [2.75, 3.05) is 5.73 Å². The maximum Gasteiger partial charge on any atom is 0.0352 e. The molecule has 0 radical (unpaired) electrons. The standard InChI is InChI=1S/C24H35N/c1-3-5-7-8-9-17-22(23-18-12-13-19-24(23)25)21-16-11-10-15-20(21)14-6-4-2/h10-13,15-16,18-19,22H,3-9,14,17,25H2,1-2H3. The molecule has 136 valence electrons. The first kappa shape index (κ1) is 19.6. The quantitative estimate of drug-likeness (QED) is 0.343.